The topological polar surface area (TPSA) is 24.1 Å². The summed E-state index contributed by atoms with van der Waals surface area (Å²) >= 11 is 0. The molecule has 0 amide bonds. The number of aryl methyl sites for hydroxylation is 2. The summed E-state index contributed by atoms with van der Waals surface area (Å²) in [5, 5.41) is 9.87. The van der Waals surface area contributed by atoms with E-state index in [9.17, 15) is 0 Å². The summed E-state index contributed by atoms with van der Waals surface area (Å²) in [6.07, 6.45) is 4.51. The van der Waals surface area contributed by atoms with Gasteiger partial charge >= 0.3 is 0 Å². The quantitative estimate of drug-likeness (QED) is 0.388. The number of hydrogen-bond donors (Lipinski definition) is 2. The maximum Gasteiger partial charge on any atom is 0.0707 e. The molecule has 0 spiro atoms. The van der Waals surface area contributed by atoms with Gasteiger partial charge in [-0.3, -0.25) is 0 Å². The van der Waals surface area contributed by atoms with Crippen molar-refractivity contribution in [3.8, 4) is 0 Å². The van der Waals surface area contributed by atoms with Gasteiger partial charge in [-0.25, -0.2) is 0 Å². The molecule has 142 valence electrons. The largest absolute Gasteiger partial charge is 0.375 e. The number of nitrogens with one attached hydrogen (secondary N) is 2. The molecule has 2 nitrogen and oxygen atoms in total. The first-order valence-electron chi connectivity index (χ1n) is 10.1. The molecule has 0 aliphatic heterocycles. The zero-order valence-corrected chi connectivity index (χ0v) is 16.7. The molecule has 2 heteroatoms. The molecule has 1 atom stereocenters. The van der Waals surface area contributed by atoms with Crippen LogP contribution in [0.15, 0.2) is 84.9 Å². The van der Waals surface area contributed by atoms with Crippen LogP contribution in [0.5, 0.6) is 0 Å². The molecule has 0 saturated heterocycles. The molecule has 0 radical (unpaired) electrons. The molecule has 0 fully saturated rings. The Morgan fingerprint density at radius 1 is 0.690 bits per heavy atom. The van der Waals surface area contributed by atoms with Gasteiger partial charge in [-0.05, 0) is 60.5 Å². The van der Waals surface area contributed by atoms with E-state index in [1.54, 1.807) is 0 Å². The highest BCUT2D eigenvalue weighted by molar-refractivity contribution is 6.01. The van der Waals surface area contributed by atoms with Crippen molar-refractivity contribution in [2.45, 2.75) is 19.9 Å². The van der Waals surface area contributed by atoms with Gasteiger partial charge in [-0.15, -0.1) is 0 Å². The Kier molecular flexibility index (Phi) is 4.33. The summed E-state index contributed by atoms with van der Waals surface area (Å²) in [5.74, 6) is 0. The minimum atomic E-state index is 0.156. The molecular weight excluding hydrogens is 352 g/mol. The predicted octanol–water partition coefficient (Wildman–Crippen LogP) is 7.38. The van der Waals surface area contributed by atoms with Crippen molar-refractivity contribution in [2.75, 3.05) is 10.6 Å². The van der Waals surface area contributed by atoms with Crippen LogP contribution in [0, 0.1) is 13.8 Å². The predicted molar refractivity (Wildman–Crippen MR) is 125 cm³/mol. The van der Waals surface area contributed by atoms with Crippen molar-refractivity contribution in [1.82, 2.24) is 0 Å². The molecule has 0 bridgehead atoms. The summed E-state index contributed by atoms with van der Waals surface area (Å²) in [6, 6.07) is 28.2. The van der Waals surface area contributed by atoms with Crippen LogP contribution in [0.3, 0.4) is 0 Å². The Bertz CT molecular complexity index is 1200. The van der Waals surface area contributed by atoms with Crippen LogP contribution >= 0.6 is 0 Å². The highest BCUT2D eigenvalue weighted by Gasteiger charge is 2.19. The molecule has 1 unspecified atom stereocenters. The van der Waals surface area contributed by atoms with Gasteiger partial charge in [0.1, 0.15) is 0 Å². The molecule has 0 saturated carbocycles. The average molecular weight is 377 g/mol. The average Bonchev–Trinajstić information content (AvgIpc) is 2.74. The van der Waals surface area contributed by atoms with Gasteiger partial charge in [0.05, 0.1) is 6.04 Å². The molecule has 5 rings (SSSR count). The normalized spacial score (nSPS) is 14.8. The fourth-order valence-corrected chi connectivity index (χ4v) is 4.02. The van der Waals surface area contributed by atoms with E-state index in [2.05, 4.69) is 115 Å². The van der Waals surface area contributed by atoms with Crippen molar-refractivity contribution in [2.24, 2.45) is 0 Å². The lowest BCUT2D eigenvalue weighted by molar-refractivity contribution is 0.996. The molecular formula is C27H24N2. The minimum absolute atomic E-state index is 0.156. The zero-order valence-electron chi connectivity index (χ0n) is 16.7. The van der Waals surface area contributed by atoms with Crippen molar-refractivity contribution in [3.05, 3.63) is 107 Å². The van der Waals surface area contributed by atoms with E-state index in [-0.39, 0.29) is 6.04 Å². The van der Waals surface area contributed by atoms with Crippen LogP contribution in [0.4, 0.5) is 17.1 Å². The summed E-state index contributed by atoms with van der Waals surface area (Å²) in [7, 11) is 0. The van der Waals surface area contributed by atoms with Crippen LogP contribution < -0.4 is 10.6 Å². The second-order valence-electron chi connectivity index (χ2n) is 7.81. The van der Waals surface area contributed by atoms with E-state index in [0.717, 1.165) is 17.1 Å². The zero-order chi connectivity index (χ0) is 19.8. The van der Waals surface area contributed by atoms with Crippen molar-refractivity contribution in [3.63, 3.8) is 0 Å². The first-order chi connectivity index (χ1) is 14.2. The fraction of sp³-hybridized carbons (Fsp3) is 0.111. The Morgan fingerprint density at radius 2 is 1.38 bits per heavy atom. The van der Waals surface area contributed by atoms with Gasteiger partial charge in [0.2, 0.25) is 0 Å². The Balaban J connectivity index is 1.54. The first kappa shape index (κ1) is 17.6. The Labute approximate surface area is 171 Å². The number of benzene rings is 4. The molecule has 4 aromatic rings. The Morgan fingerprint density at radius 3 is 2.10 bits per heavy atom. The van der Waals surface area contributed by atoms with Crippen LogP contribution in [0.25, 0.3) is 16.8 Å². The van der Waals surface area contributed by atoms with E-state index in [0.29, 0.717) is 0 Å². The van der Waals surface area contributed by atoms with Gasteiger partial charge in [-0.2, -0.15) is 0 Å². The van der Waals surface area contributed by atoms with E-state index < -0.39 is 0 Å². The van der Waals surface area contributed by atoms with E-state index in [1.165, 1.54) is 33.0 Å². The lowest BCUT2D eigenvalue weighted by Crippen LogP contribution is -2.12. The van der Waals surface area contributed by atoms with Gasteiger partial charge in [-0.1, -0.05) is 71.8 Å². The minimum Gasteiger partial charge on any atom is -0.375 e. The smallest absolute Gasteiger partial charge is 0.0707 e. The summed E-state index contributed by atoms with van der Waals surface area (Å²) in [5.41, 5.74) is 8.49. The van der Waals surface area contributed by atoms with Gasteiger partial charge < -0.3 is 10.6 Å². The van der Waals surface area contributed by atoms with Gasteiger partial charge in [0, 0.05) is 22.6 Å². The maximum absolute atomic E-state index is 3.68. The van der Waals surface area contributed by atoms with Crippen LogP contribution in [-0.2, 0) is 0 Å². The first-order valence-corrected chi connectivity index (χ1v) is 10.1. The second-order valence-corrected chi connectivity index (χ2v) is 7.81. The molecule has 29 heavy (non-hydrogen) atoms. The van der Waals surface area contributed by atoms with E-state index in [1.807, 2.05) is 0 Å². The summed E-state index contributed by atoms with van der Waals surface area (Å²) in [4.78, 5) is 0. The molecule has 0 heterocycles. The molecule has 0 aromatic heterocycles. The van der Waals surface area contributed by atoms with E-state index in [4.69, 9.17) is 0 Å². The second kappa shape index (κ2) is 7.14. The van der Waals surface area contributed by atoms with Crippen LogP contribution in [-0.4, -0.2) is 0 Å². The third-order valence-electron chi connectivity index (χ3n) is 5.61. The SMILES string of the molecule is Cc1ccc(Nc2ccc3cccc4c3c2C=CC4Nc2ccc(C)cc2)cc1. The van der Waals surface area contributed by atoms with E-state index >= 15 is 0 Å². The standard InChI is InChI=1S/C27H24N2/c1-18-6-11-21(12-7-18)28-25-16-10-20-4-3-5-23-26(17-15-24(25)27(20)23)29-22-13-8-19(2)9-14-22/h3-17,26,28-29H,1-2H3. The van der Waals surface area contributed by atoms with Crippen molar-refractivity contribution < 1.29 is 0 Å². The number of rotatable bonds is 4. The monoisotopic (exact) mass is 376 g/mol. The lowest BCUT2D eigenvalue weighted by Gasteiger charge is -2.25. The van der Waals surface area contributed by atoms with Crippen LogP contribution in [0.1, 0.15) is 28.3 Å². The Hall–Kier alpha value is -3.52. The summed E-state index contributed by atoms with van der Waals surface area (Å²) < 4.78 is 0. The van der Waals surface area contributed by atoms with Gasteiger partial charge in [0.15, 0.2) is 0 Å². The maximum atomic E-state index is 3.68. The molecule has 1 aliphatic carbocycles. The highest BCUT2D eigenvalue weighted by Crippen LogP contribution is 2.39. The summed E-state index contributed by atoms with van der Waals surface area (Å²) in [6.45, 7) is 4.23. The van der Waals surface area contributed by atoms with Gasteiger partial charge in [0.25, 0.3) is 0 Å². The van der Waals surface area contributed by atoms with Crippen LogP contribution in [0.2, 0.25) is 0 Å². The van der Waals surface area contributed by atoms with Crippen molar-refractivity contribution >= 4 is 33.9 Å². The number of hydrogen-bond acceptors (Lipinski definition) is 2. The lowest BCUT2D eigenvalue weighted by atomic mass is 9.89. The highest BCUT2D eigenvalue weighted by atomic mass is 14.9. The molecule has 1 aliphatic rings. The van der Waals surface area contributed by atoms with Crippen molar-refractivity contribution in [1.29, 1.82) is 0 Å². The number of anilines is 3. The third kappa shape index (κ3) is 3.38. The fourth-order valence-electron chi connectivity index (χ4n) is 4.02. The third-order valence-corrected chi connectivity index (χ3v) is 5.61. The molecule has 4 aromatic carbocycles. The molecule has 2 N–H and O–H groups in total.